The molecule has 1 atom stereocenters. The molecule has 90 valence electrons. The summed E-state index contributed by atoms with van der Waals surface area (Å²) in [5, 5.41) is 0. The average molecular weight is 213 g/mol. The summed E-state index contributed by atoms with van der Waals surface area (Å²) in [6, 6.07) is 0.497. The molecule has 0 rings (SSSR count). The lowest BCUT2D eigenvalue weighted by molar-refractivity contribution is 0.312. The molecule has 0 aromatic carbocycles. The molecular formula is C12H27N3. The molecule has 0 aliphatic carbocycles. The second-order valence-corrected chi connectivity index (χ2v) is 4.04. The molecule has 15 heavy (non-hydrogen) atoms. The molecule has 0 aromatic rings. The van der Waals surface area contributed by atoms with Gasteiger partial charge in [-0.15, -0.1) is 0 Å². The van der Waals surface area contributed by atoms with Crippen LogP contribution in [0, 0.1) is 0 Å². The van der Waals surface area contributed by atoms with E-state index < -0.39 is 0 Å². The Morgan fingerprint density at radius 2 is 1.93 bits per heavy atom. The minimum atomic E-state index is 0.497. The van der Waals surface area contributed by atoms with E-state index in [1.54, 1.807) is 0 Å². The molecule has 0 heterocycles. The van der Waals surface area contributed by atoms with Gasteiger partial charge in [-0.2, -0.15) is 0 Å². The van der Waals surface area contributed by atoms with Crippen molar-refractivity contribution in [3.05, 3.63) is 0 Å². The van der Waals surface area contributed by atoms with E-state index in [2.05, 4.69) is 37.6 Å². The van der Waals surface area contributed by atoms with E-state index >= 15 is 0 Å². The van der Waals surface area contributed by atoms with Crippen molar-refractivity contribution in [3.8, 4) is 0 Å². The Morgan fingerprint density at radius 1 is 1.27 bits per heavy atom. The first-order chi connectivity index (χ1) is 7.17. The summed E-state index contributed by atoms with van der Waals surface area (Å²) in [5.74, 6) is 0.722. The van der Waals surface area contributed by atoms with Crippen LogP contribution in [0.3, 0.4) is 0 Å². The van der Waals surface area contributed by atoms with Crippen LogP contribution in [-0.4, -0.2) is 30.0 Å². The molecule has 2 N–H and O–H groups in total. The van der Waals surface area contributed by atoms with Crippen molar-refractivity contribution in [1.82, 2.24) is 4.90 Å². The fourth-order valence-corrected chi connectivity index (χ4v) is 1.43. The maximum atomic E-state index is 6.00. The SMILES string of the molecule is CCCCN(C(N)=NCCC)C(C)CC. The number of guanidine groups is 1. The molecule has 3 heteroatoms. The summed E-state index contributed by atoms with van der Waals surface area (Å²) in [5.41, 5.74) is 6.00. The molecule has 0 spiro atoms. The maximum Gasteiger partial charge on any atom is 0.191 e. The summed E-state index contributed by atoms with van der Waals surface area (Å²) in [6.07, 6.45) is 4.57. The normalized spacial score (nSPS) is 14.0. The highest BCUT2D eigenvalue weighted by molar-refractivity contribution is 5.78. The minimum absolute atomic E-state index is 0.497. The summed E-state index contributed by atoms with van der Waals surface area (Å²) in [6.45, 7) is 10.6. The smallest absolute Gasteiger partial charge is 0.191 e. The summed E-state index contributed by atoms with van der Waals surface area (Å²) in [7, 11) is 0. The van der Waals surface area contributed by atoms with Crippen molar-refractivity contribution in [2.24, 2.45) is 10.7 Å². The quantitative estimate of drug-likeness (QED) is 0.522. The van der Waals surface area contributed by atoms with E-state index in [1.807, 2.05) is 0 Å². The second kappa shape index (κ2) is 8.57. The van der Waals surface area contributed by atoms with Crippen LogP contribution < -0.4 is 5.73 Å². The lowest BCUT2D eigenvalue weighted by Gasteiger charge is -2.29. The van der Waals surface area contributed by atoms with Gasteiger partial charge in [-0.25, -0.2) is 0 Å². The standard InChI is InChI=1S/C12H27N3/c1-5-8-10-15(11(4)7-3)12(13)14-9-6-2/h11H,5-10H2,1-4H3,(H2,13,14). The van der Waals surface area contributed by atoms with Gasteiger partial charge in [-0.1, -0.05) is 27.2 Å². The van der Waals surface area contributed by atoms with E-state index in [0.717, 1.165) is 31.9 Å². The lowest BCUT2D eigenvalue weighted by Crippen LogP contribution is -2.43. The Kier molecular flexibility index (Phi) is 8.15. The number of hydrogen-bond donors (Lipinski definition) is 1. The first kappa shape index (κ1) is 14.3. The zero-order chi connectivity index (χ0) is 11.7. The van der Waals surface area contributed by atoms with E-state index in [-0.39, 0.29) is 0 Å². The molecule has 1 unspecified atom stereocenters. The predicted octanol–water partition coefficient (Wildman–Crippen LogP) is 2.61. The van der Waals surface area contributed by atoms with Crippen molar-refractivity contribution >= 4 is 5.96 Å². The molecule has 0 amide bonds. The highest BCUT2D eigenvalue weighted by Gasteiger charge is 2.13. The van der Waals surface area contributed by atoms with Crippen LogP contribution in [0.15, 0.2) is 4.99 Å². The van der Waals surface area contributed by atoms with Gasteiger partial charge in [0.2, 0.25) is 0 Å². The third-order valence-corrected chi connectivity index (χ3v) is 2.67. The molecule has 0 aromatic heterocycles. The van der Waals surface area contributed by atoms with Crippen LogP contribution in [0.1, 0.15) is 53.4 Å². The van der Waals surface area contributed by atoms with Gasteiger partial charge in [0.15, 0.2) is 5.96 Å². The fourth-order valence-electron chi connectivity index (χ4n) is 1.43. The zero-order valence-corrected chi connectivity index (χ0v) is 10.8. The van der Waals surface area contributed by atoms with Crippen LogP contribution in [-0.2, 0) is 0 Å². The lowest BCUT2D eigenvalue weighted by atomic mass is 10.2. The summed E-state index contributed by atoms with van der Waals surface area (Å²) < 4.78 is 0. The van der Waals surface area contributed by atoms with Gasteiger partial charge in [-0.3, -0.25) is 4.99 Å². The molecule has 0 bridgehead atoms. The number of hydrogen-bond acceptors (Lipinski definition) is 1. The summed E-state index contributed by atoms with van der Waals surface area (Å²) in [4.78, 5) is 6.62. The van der Waals surface area contributed by atoms with Crippen molar-refractivity contribution in [1.29, 1.82) is 0 Å². The Balaban J connectivity index is 4.32. The molecule has 3 nitrogen and oxygen atoms in total. The predicted molar refractivity (Wildman–Crippen MR) is 68.1 cm³/mol. The molecule has 0 saturated carbocycles. The molecule has 0 aliphatic heterocycles. The van der Waals surface area contributed by atoms with Crippen LogP contribution >= 0.6 is 0 Å². The minimum Gasteiger partial charge on any atom is -0.370 e. The monoisotopic (exact) mass is 213 g/mol. The highest BCUT2D eigenvalue weighted by atomic mass is 15.3. The van der Waals surface area contributed by atoms with Crippen molar-refractivity contribution in [2.45, 2.75) is 59.4 Å². The van der Waals surface area contributed by atoms with Gasteiger partial charge >= 0.3 is 0 Å². The second-order valence-electron chi connectivity index (χ2n) is 4.04. The van der Waals surface area contributed by atoms with Crippen LogP contribution in [0.2, 0.25) is 0 Å². The Bertz CT molecular complexity index is 178. The summed E-state index contributed by atoms with van der Waals surface area (Å²) >= 11 is 0. The molecule has 0 saturated heterocycles. The first-order valence-corrected chi connectivity index (χ1v) is 6.23. The average Bonchev–Trinajstić information content (AvgIpc) is 2.26. The first-order valence-electron chi connectivity index (χ1n) is 6.23. The number of nitrogens with two attached hydrogens (primary N) is 1. The van der Waals surface area contributed by atoms with E-state index in [0.29, 0.717) is 6.04 Å². The molecule has 0 radical (unpaired) electrons. The van der Waals surface area contributed by atoms with Crippen molar-refractivity contribution in [3.63, 3.8) is 0 Å². The van der Waals surface area contributed by atoms with Gasteiger partial charge in [0.25, 0.3) is 0 Å². The van der Waals surface area contributed by atoms with Crippen LogP contribution in [0.4, 0.5) is 0 Å². The number of rotatable bonds is 7. The van der Waals surface area contributed by atoms with Crippen LogP contribution in [0.25, 0.3) is 0 Å². The number of aliphatic imine (C=N–C) groups is 1. The topological polar surface area (TPSA) is 41.6 Å². The van der Waals surface area contributed by atoms with Crippen molar-refractivity contribution in [2.75, 3.05) is 13.1 Å². The molecule has 0 fully saturated rings. The van der Waals surface area contributed by atoms with Gasteiger partial charge < -0.3 is 10.6 Å². The Morgan fingerprint density at radius 3 is 2.40 bits per heavy atom. The van der Waals surface area contributed by atoms with E-state index in [9.17, 15) is 0 Å². The van der Waals surface area contributed by atoms with Gasteiger partial charge in [0, 0.05) is 19.1 Å². The van der Waals surface area contributed by atoms with Crippen LogP contribution in [0.5, 0.6) is 0 Å². The molecular weight excluding hydrogens is 186 g/mol. The highest BCUT2D eigenvalue weighted by Crippen LogP contribution is 2.05. The molecule has 0 aliphatic rings. The van der Waals surface area contributed by atoms with E-state index in [1.165, 1.54) is 12.8 Å². The fraction of sp³-hybridized carbons (Fsp3) is 0.917. The largest absolute Gasteiger partial charge is 0.370 e. The van der Waals surface area contributed by atoms with Gasteiger partial charge in [-0.05, 0) is 26.2 Å². The zero-order valence-electron chi connectivity index (χ0n) is 10.8. The number of unbranched alkanes of at least 4 members (excludes halogenated alkanes) is 1. The Labute approximate surface area is 94.7 Å². The number of nitrogens with zero attached hydrogens (tertiary/aromatic N) is 2. The van der Waals surface area contributed by atoms with Gasteiger partial charge in [0.1, 0.15) is 0 Å². The van der Waals surface area contributed by atoms with E-state index in [4.69, 9.17) is 5.73 Å². The van der Waals surface area contributed by atoms with Crippen molar-refractivity contribution < 1.29 is 0 Å². The maximum absolute atomic E-state index is 6.00. The third-order valence-electron chi connectivity index (χ3n) is 2.67. The van der Waals surface area contributed by atoms with Gasteiger partial charge in [0.05, 0.1) is 0 Å². The third kappa shape index (κ3) is 5.65. The Hall–Kier alpha value is -0.730.